The largest absolute Gasteiger partial charge is 0.497 e. The minimum Gasteiger partial charge on any atom is -0.497 e. The molecule has 0 aliphatic carbocycles. The molecule has 27 heavy (non-hydrogen) atoms. The highest BCUT2D eigenvalue weighted by molar-refractivity contribution is 6.43. The van der Waals surface area contributed by atoms with Crippen LogP contribution in [0.15, 0.2) is 36.4 Å². The molecule has 142 valence electrons. The maximum Gasteiger partial charge on any atom is 0.341 e. The van der Waals surface area contributed by atoms with E-state index < -0.39 is 12.6 Å². The summed E-state index contributed by atoms with van der Waals surface area (Å²) >= 11 is 12.3. The number of aliphatic carboxylic acids is 1. The van der Waals surface area contributed by atoms with Crippen LogP contribution < -0.4 is 14.2 Å². The number of ether oxygens (including phenoxy) is 3. The molecule has 6 nitrogen and oxygen atoms in total. The van der Waals surface area contributed by atoms with E-state index in [0.29, 0.717) is 22.6 Å². The van der Waals surface area contributed by atoms with Gasteiger partial charge < -0.3 is 19.3 Å². The van der Waals surface area contributed by atoms with Gasteiger partial charge in [0.1, 0.15) is 22.3 Å². The highest BCUT2D eigenvalue weighted by Crippen LogP contribution is 2.35. The Bertz CT molecular complexity index is 892. The number of ketones is 1. The predicted octanol–water partition coefficient (Wildman–Crippen LogP) is 4.37. The molecule has 0 aromatic heterocycles. The van der Waals surface area contributed by atoms with Crippen molar-refractivity contribution in [2.75, 3.05) is 20.8 Å². The molecule has 2 rings (SSSR count). The fourth-order valence-electron chi connectivity index (χ4n) is 2.19. The van der Waals surface area contributed by atoms with Crippen molar-refractivity contribution in [1.82, 2.24) is 0 Å². The summed E-state index contributed by atoms with van der Waals surface area (Å²) in [5, 5.41) is 8.86. The van der Waals surface area contributed by atoms with E-state index in [9.17, 15) is 9.59 Å². The molecular formula is C19H16Cl2O6. The van der Waals surface area contributed by atoms with Gasteiger partial charge in [-0.25, -0.2) is 4.79 Å². The van der Waals surface area contributed by atoms with E-state index in [2.05, 4.69) is 0 Å². The van der Waals surface area contributed by atoms with Crippen LogP contribution in [0.3, 0.4) is 0 Å². The Hall–Kier alpha value is -2.70. The van der Waals surface area contributed by atoms with Gasteiger partial charge in [0, 0.05) is 0 Å². The van der Waals surface area contributed by atoms with Crippen LogP contribution in [0.1, 0.15) is 15.9 Å². The van der Waals surface area contributed by atoms with Gasteiger partial charge in [-0.15, -0.1) is 0 Å². The molecule has 0 amide bonds. The highest BCUT2D eigenvalue weighted by atomic mass is 35.5. The number of benzene rings is 2. The van der Waals surface area contributed by atoms with Gasteiger partial charge in [0.2, 0.25) is 0 Å². The summed E-state index contributed by atoms with van der Waals surface area (Å²) in [5.74, 6) is -0.379. The number of halogens is 2. The van der Waals surface area contributed by atoms with E-state index in [1.54, 1.807) is 24.3 Å². The summed E-state index contributed by atoms with van der Waals surface area (Å²) in [7, 11) is 2.97. The molecule has 0 heterocycles. The average Bonchev–Trinajstić information content (AvgIpc) is 2.67. The molecular weight excluding hydrogens is 395 g/mol. The van der Waals surface area contributed by atoms with E-state index in [1.807, 2.05) is 0 Å². The Labute approximate surface area is 165 Å². The third-order valence-corrected chi connectivity index (χ3v) is 4.39. The van der Waals surface area contributed by atoms with Crippen molar-refractivity contribution in [3.05, 3.63) is 57.6 Å². The standard InChI is InChI=1S/C19H16Cl2O6/c1-25-12-5-8-15(26-2)13(9-12)14(22)6-3-11-4-7-16(19(21)18(11)20)27-10-17(23)24/h3-9H,10H2,1-2H3,(H,23,24). The number of carbonyl (C=O) groups excluding carboxylic acids is 1. The van der Waals surface area contributed by atoms with Crippen LogP contribution in [-0.2, 0) is 4.79 Å². The Morgan fingerprint density at radius 3 is 2.37 bits per heavy atom. The molecule has 2 aromatic carbocycles. The fourth-order valence-corrected chi connectivity index (χ4v) is 2.63. The summed E-state index contributed by atoms with van der Waals surface area (Å²) in [6.07, 6.45) is 2.82. The third kappa shape index (κ3) is 5.15. The summed E-state index contributed by atoms with van der Waals surface area (Å²) in [4.78, 5) is 23.1. The molecule has 0 aliphatic rings. The van der Waals surface area contributed by atoms with E-state index in [1.165, 1.54) is 32.4 Å². The zero-order valence-electron chi connectivity index (χ0n) is 14.5. The number of allylic oxidation sites excluding steroid dienone is 1. The molecule has 0 unspecified atom stereocenters. The first kappa shape index (κ1) is 20.6. The number of carboxylic acid groups (broad SMARTS) is 1. The van der Waals surface area contributed by atoms with Gasteiger partial charge >= 0.3 is 5.97 Å². The van der Waals surface area contributed by atoms with E-state index >= 15 is 0 Å². The second kappa shape index (κ2) is 9.30. The number of methoxy groups -OCH3 is 2. The van der Waals surface area contributed by atoms with Crippen LogP contribution in [-0.4, -0.2) is 37.7 Å². The molecule has 0 saturated heterocycles. The number of carbonyl (C=O) groups is 2. The quantitative estimate of drug-likeness (QED) is 0.513. The van der Waals surface area contributed by atoms with Gasteiger partial charge in [0.15, 0.2) is 12.4 Å². The zero-order valence-corrected chi connectivity index (χ0v) is 16.0. The molecule has 0 atom stereocenters. The molecule has 8 heteroatoms. The highest BCUT2D eigenvalue weighted by Gasteiger charge is 2.13. The SMILES string of the molecule is COc1ccc(OC)c(C(=O)C=Cc2ccc(OCC(=O)O)c(Cl)c2Cl)c1. The molecule has 0 bridgehead atoms. The zero-order chi connectivity index (χ0) is 20.0. The van der Waals surface area contributed by atoms with Gasteiger partial charge in [-0.3, -0.25) is 4.79 Å². The Morgan fingerprint density at radius 1 is 1.04 bits per heavy atom. The second-order valence-electron chi connectivity index (χ2n) is 5.23. The fraction of sp³-hybridized carbons (Fsp3) is 0.158. The number of rotatable bonds is 8. The molecule has 0 radical (unpaired) electrons. The molecule has 0 saturated carbocycles. The monoisotopic (exact) mass is 410 g/mol. The number of hydrogen-bond donors (Lipinski definition) is 1. The van der Waals surface area contributed by atoms with Crippen LogP contribution in [0.2, 0.25) is 10.0 Å². The predicted molar refractivity (Wildman–Crippen MR) is 103 cm³/mol. The summed E-state index contributed by atoms with van der Waals surface area (Å²) in [5.41, 5.74) is 0.802. The Kier molecular flexibility index (Phi) is 7.10. The van der Waals surface area contributed by atoms with E-state index in [-0.39, 0.29) is 21.6 Å². The lowest BCUT2D eigenvalue weighted by molar-refractivity contribution is -0.139. The summed E-state index contributed by atoms with van der Waals surface area (Å²) in [6.45, 7) is -0.542. The lowest BCUT2D eigenvalue weighted by Crippen LogP contribution is -2.09. The van der Waals surface area contributed by atoms with Gasteiger partial charge in [-0.2, -0.15) is 0 Å². The smallest absolute Gasteiger partial charge is 0.341 e. The molecule has 0 aliphatic heterocycles. The van der Waals surface area contributed by atoms with E-state index in [0.717, 1.165) is 0 Å². The first-order valence-corrected chi connectivity index (χ1v) is 8.40. The number of hydrogen-bond acceptors (Lipinski definition) is 5. The normalized spacial score (nSPS) is 10.7. The summed E-state index contributed by atoms with van der Waals surface area (Å²) in [6, 6.07) is 7.94. The topological polar surface area (TPSA) is 82.1 Å². The van der Waals surface area contributed by atoms with Gasteiger partial charge in [0.05, 0.1) is 24.8 Å². The van der Waals surface area contributed by atoms with Crippen LogP contribution >= 0.6 is 23.2 Å². The maximum absolute atomic E-state index is 12.5. The van der Waals surface area contributed by atoms with Crippen LogP contribution in [0.4, 0.5) is 0 Å². The van der Waals surface area contributed by atoms with Gasteiger partial charge in [0.25, 0.3) is 0 Å². The Balaban J connectivity index is 2.26. The lowest BCUT2D eigenvalue weighted by Gasteiger charge is -2.09. The number of carboxylic acids is 1. The second-order valence-corrected chi connectivity index (χ2v) is 5.98. The first-order chi connectivity index (χ1) is 12.9. The van der Waals surface area contributed by atoms with Crippen LogP contribution in [0.5, 0.6) is 17.2 Å². The van der Waals surface area contributed by atoms with Crippen molar-refractivity contribution >= 4 is 41.0 Å². The minimum atomic E-state index is -1.14. The van der Waals surface area contributed by atoms with Gasteiger partial charge in [-0.1, -0.05) is 23.2 Å². The van der Waals surface area contributed by atoms with Crippen molar-refractivity contribution < 1.29 is 28.9 Å². The lowest BCUT2D eigenvalue weighted by atomic mass is 10.1. The summed E-state index contributed by atoms with van der Waals surface area (Å²) < 4.78 is 15.4. The first-order valence-electron chi connectivity index (χ1n) is 7.64. The van der Waals surface area contributed by atoms with Crippen LogP contribution in [0, 0.1) is 0 Å². The Morgan fingerprint density at radius 2 is 1.74 bits per heavy atom. The van der Waals surface area contributed by atoms with Crippen molar-refractivity contribution in [2.45, 2.75) is 0 Å². The van der Waals surface area contributed by atoms with Crippen molar-refractivity contribution in [3.8, 4) is 17.2 Å². The average molecular weight is 411 g/mol. The van der Waals surface area contributed by atoms with Gasteiger partial charge in [-0.05, 0) is 48.0 Å². The maximum atomic E-state index is 12.5. The molecule has 0 spiro atoms. The van der Waals surface area contributed by atoms with E-state index in [4.69, 9.17) is 42.5 Å². The van der Waals surface area contributed by atoms with Crippen LogP contribution in [0.25, 0.3) is 6.08 Å². The molecule has 2 aromatic rings. The third-order valence-electron chi connectivity index (χ3n) is 3.51. The van der Waals surface area contributed by atoms with Crippen molar-refractivity contribution in [1.29, 1.82) is 0 Å². The molecule has 0 fully saturated rings. The molecule has 1 N–H and O–H groups in total. The van der Waals surface area contributed by atoms with Crippen molar-refractivity contribution in [3.63, 3.8) is 0 Å². The van der Waals surface area contributed by atoms with Crippen molar-refractivity contribution in [2.24, 2.45) is 0 Å². The minimum absolute atomic E-state index is 0.0616.